The Morgan fingerprint density at radius 1 is 1.00 bits per heavy atom. The maximum absolute atomic E-state index is 11.5. The molecule has 0 aliphatic carbocycles. The van der Waals surface area contributed by atoms with E-state index >= 15 is 0 Å². The molecule has 3 rings (SSSR count). The number of carboxylic acids is 2. The number of benzene rings is 1. The van der Waals surface area contributed by atoms with E-state index in [0.717, 1.165) is 0 Å². The van der Waals surface area contributed by atoms with Gasteiger partial charge in [-0.1, -0.05) is 6.07 Å². The van der Waals surface area contributed by atoms with Gasteiger partial charge in [-0.15, -0.1) is 0 Å². The summed E-state index contributed by atoms with van der Waals surface area (Å²) in [5.74, 6) is -2.08. The summed E-state index contributed by atoms with van der Waals surface area (Å²) in [6.45, 7) is 0. The SMILES string of the molecule is O=C(O)C1CCC(C(=O)O)N1c1cccc(-n2c(=S)[nH][nH]c2=S)c1. The standard InChI is InChI=1S/C14H14N4O4S2/c19-11(20)9-4-5-10(12(21)22)17(9)7-2-1-3-8(6-7)18-13(23)15-16-14(18)24/h1-3,6,9-10H,4-5H2,(H,15,23)(H,16,24)(H,19,20)(H,21,22). The van der Waals surface area contributed by atoms with Crippen LogP contribution >= 0.6 is 24.4 Å². The van der Waals surface area contributed by atoms with E-state index in [9.17, 15) is 19.8 Å². The Labute approximate surface area is 146 Å². The second-order valence-electron chi connectivity index (χ2n) is 5.41. The number of nitrogens with zero attached hydrogens (tertiary/aromatic N) is 2. The van der Waals surface area contributed by atoms with Gasteiger partial charge in [-0.25, -0.2) is 9.59 Å². The maximum atomic E-state index is 11.5. The smallest absolute Gasteiger partial charge is 0.326 e. The van der Waals surface area contributed by atoms with Crippen molar-refractivity contribution in [3.8, 4) is 5.69 Å². The first-order chi connectivity index (χ1) is 11.4. The van der Waals surface area contributed by atoms with E-state index in [0.29, 0.717) is 20.9 Å². The van der Waals surface area contributed by atoms with Gasteiger partial charge in [-0.3, -0.25) is 14.8 Å². The fourth-order valence-corrected chi connectivity index (χ4v) is 3.55. The zero-order valence-electron chi connectivity index (χ0n) is 12.3. The summed E-state index contributed by atoms with van der Waals surface area (Å²) in [6, 6.07) is 5.09. The Hall–Kier alpha value is -2.46. The minimum Gasteiger partial charge on any atom is -0.480 e. The molecule has 0 radical (unpaired) electrons. The largest absolute Gasteiger partial charge is 0.480 e. The lowest BCUT2D eigenvalue weighted by molar-refractivity contribution is -0.139. The van der Waals surface area contributed by atoms with Crippen molar-refractivity contribution in [3.63, 3.8) is 0 Å². The molecule has 0 amide bonds. The number of nitrogens with one attached hydrogen (secondary N) is 2. The molecule has 8 nitrogen and oxygen atoms in total. The monoisotopic (exact) mass is 366 g/mol. The number of hydrogen-bond acceptors (Lipinski definition) is 5. The van der Waals surface area contributed by atoms with Gasteiger partial charge in [0.15, 0.2) is 9.54 Å². The number of aliphatic carboxylic acids is 2. The van der Waals surface area contributed by atoms with E-state index in [2.05, 4.69) is 10.2 Å². The van der Waals surface area contributed by atoms with Gasteiger partial charge in [0.25, 0.3) is 0 Å². The second kappa shape index (κ2) is 6.21. The number of carboxylic acid groups (broad SMARTS) is 2. The molecule has 10 heteroatoms. The van der Waals surface area contributed by atoms with Gasteiger partial charge in [0, 0.05) is 5.69 Å². The summed E-state index contributed by atoms with van der Waals surface area (Å²) in [5.41, 5.74) is 1.13. The number of H-pyrrole nitrogens is 2. The highest BCUT2D eigenvalue weighted by Crippen LogP contribution is 2.32. The average Bonchev–Trinajstić information content (AvgIpc) is 3.11. The van der Waals surface area contributed by atoms with Crippen LogP contribution in [0.25, 0.3) is 5.69 Å². The third kappa shape index (κ3) is 2.74. The molecular formula is C14H14N4O4S2. The van der Waals surface area contributed by atoms with E-state index in [-0.39, 0.29) is 12.8 Å². The van der Waals surface area contributed by atoms with Crippen LogP contribution in [0.5, 0.6) is 0 Å². The van der Waals surface area contributed by atoms with Crippen molar-refractivity contribution in [2.24, 2.45) is 0 Å². The number of aromatic nitrogens is 3. The number of aromatic amines is 2. The van der Waals surface area contributed by atoms with E-state index in [1.54, 1.807) is 28.8 Å². The van der Waals surface area contributed by atoms with Crippen molar-refractivity contribution in [2.45, 2.75) is 24.9 Å². The first-order valence-electron chi connectivity index (χ1n) is 7.14. The van der Waals surface area contributed by atoms with Gasteiger partial charge in [-0.05, 0) is 55.5 Å². The molecule has 0 saturated carbocycles. The molecule has 0 spiro atoms. The third-order valence-corrected chi connectivity index (χ3v) is 4.59. The highest BCUT2D eigenvalue weighted by Gasteiger charge is 2.41. The minimum atomic E-state index is -1.04. The van der Waals surface area contributed by atoms with E-state index in [1.165, 1.54) is 4.90 Å². The van der Waals surface area contributed by atoms with Crippen LogP contribution in [0.15, 0.2) is 24.3 Å². The molecule has 2 aromatic rings. The normalized spacial score (nSPS) is 20.2. The summed E-state index contributed by atoms with van der Waals surface area (Å²) >= 11 is 10.3. The van der Waals surface area contributed by atoms with Gasteiger partial charge in [0.2, 0.25) is 0 Å². The second-order valence-corrected chi connectivity index (χ2v) is 6.18. The number of hydrogen-bond donors (Lipinski definition) is 4. The van der Waals surface area contributed by atoms with Crippen LogP contribution in [0.2, 0.25) is 0 Å². The molecular weight excluding hydrogens is 352 g/mol. The van der Waals surface area contributed by atoms with Crippen molar-refractivity contribution in [1.29, 1.82) is 0 Å². The predicted octanol–water partition coefficient (Wildman–Crippen LogP) is 2.10. The molecule has 126 valence electrons. The quantitative estimate of drug-likeness (QED) is 0.613. The highest BCUT2D eigenvalue weighted by molar-refractivity contribution is 7.72. The molecule has 1 aliphatic heterocycles. The average molecular weight is 366 g/mol. The maximum Gasteiger partial charge on any atom is 0.326 e. The number of anilines is 1. The van der Waals surface area contributed by atoms with Crippen molar-refractivity contribution in [1.82, 2.24) is 14.8 Å². The fourth-order valence-electron chi connectivity index (χ4n) is 2.99. The third-order valence-electron chi connectivity index (χ3n) is 4.02. The number of carbonyl (C=O) groups is 2. The van der Waals surface area contributed by atoms with Gasteiger partial charge >= 0.3 is 11.9 Å². The summed E-state index contributed by atoms with van der Waals surface area (Å²) < 4.78 is 2.31. The Balaban J connectivity index is 2.09. The van der Waals surface area contributed by atoms with Crippen LogP contribution in [-0.2, 0) is 9.59 Å². The van der Waals surface area contributed by atoms with Crippen molar-refractivity contribution in [2.75, 3.05) is 4.90 Å². The van der Waals surface area contributed by atoms with Crippen molar-refractivity contribution in [3.05, 3.63) is 33.8 Å². The molecule has 0 bridgehead atoms. The fraction of sp³-hybridized carbons (Fsp3) is 0.286. The predicted molar refractivity (Wildman–Crippen MR) is 90.7 cm³/mol. The van der Waals surface area contributed by atoms with Crippen LogP contribution in [0.4, 0.5) is 5.69 Å². The molecule has 1 saturated heterocycles. The summed E-state index contributed by atoms with van der Waals surface area (Å²) in [6.07, 6.45) is 0.556. The zero-order chi connectivity index (χ0) is 17.4. The Kier molecular flexibility index (Phi) is 4.24. The van der Waals surface area contributed by atoms with Gasteiger partial charge in [0.1, 0.15) is 12.1 Å². The number of rotatable bonds is 4. The molecule has 1 aromatic carbocycles. The molecule has 2 heterocycles. The lowest BCUT2D eigenvalue weighted by Gasteiger charge is -2.28. The first-order valence-corrected chi connectivity index (χ1v) is 7.96. The van der Waals surface area contributed by atoms with Gasteiger partial charge in [0.05, 0.1) is 5.69 Å². The zero-order valence-corrected chi connectivity index (χ0v) is 13.9. The first kappa shape index (κ1) is 16.4. The van der Waals surface area contributed by atoms with Crippen LogP contribution in [0.1, 0.15) is 12.8 Å². The summed E-state index contributed by atoms with van der Waals surface area (Å²) in [5, 5.41) is 24.3. The molecule has 24 heavy (non-hydrogen) atoms. The molecule has 1 aliphatic rings. The lowest BCUT2D eigenvalue weighted by atomic mass is 10.2. The molecule has 2 unspecified atom stereocenters. The Morgan fingerprint density at radius 2 is 1.50 bits per heavy atom. The van der Waals surface area contributed by atoms with Gasteiger partial charge < -0.3 is 15.1 Å². The Bertz CT molecular complexity index is 866. The van der Waals surface area contributed by atoms with Crippen LogP contribution < -0.4 is 4.90 Å². The van der Waals surface area contributed by atoms with E-state index in [1.807, 2.05) is 0 Å². The Morgan fingerprint density at radius 3 is 2.00 bits per heavy atom. The topological polar surface area (TPSA) is 114 Å². The van der Waals surface area contributed by atoms with E-state index in [4.69, 9.17) is 24.4 Å². The highest BCUT2D eigenvalue weighted by atomic mass is 32.1. The van der Waals surface area contributed by atoms with Crippen molar-refractivity contribution < 1.29 is 19.8 Å². The lowest BCUT2D eigenvalue weighted by Crippen LogP contribution is -2.44. The molecule has 1 fully saturated rings. The van der Waals surface area contributed by atoms with Crippen LogP contribution in [0, 0.1) is 9.54 Å². The summed E-state index contributed by atoms with van der Waals surface area (Å²) in [4.78, 5) is 24.4. The van der Waals surface area contributed by atoms with E-state index < -0.39 is 24.0 Å². The van der Waals surface area contributed by atoms with Gasteiger partial charge in [-0.2, -0.15) is 0 Å². The summed E-state index contributed by atoms with van der Waals surface area (Å²) in [7, 11) is 0. The van der Waals surface area contributed by atoms with Crippen molar-refractivity contribution >= 4 is 42.1 Å². The van der Waals surface area contributed by atoms with Crippen LogP contribution in [0.3, 0.4) is 0 Å². The molecule has 4 N–H and O–H groups in total. The van der Waals surface area contributed by atoms with Crippen LogP contribution in [-0.4, -0.2) is 49.0 Å². The minimum absolute atomic E-state index is 0.278. The molecule has 2 atom stereocenters. The molecule has 1 aromatic heterocycles.